The van der Waals surface area contributed by atoms with E-state index in [0.717, 1.165) is 32.2 Å². The molecule has 0 bridgehead atoms. The van der Waals surface area contributed by atoms with Gasteiger partial charge in [-0.15, -0.1) is 0 Å². The van der Waals surface area contributed by atoms with Crippen LogP contribution in [0.15, 0.2) is 0 Å². The Hall–Kier alpha value is -0.120. The van der Waals surface area contributed by atoms with Crippen LogP contribution in [0.3, 0.4) is 0 Å². The van der Waals surface area contributed by atoms with Gasteiger partial charge in [-0.3, -0.25) is 0 Å². The lowest BCUT2D eigenvalue weighted by atomic mass is 9.72. The van der Waals surface area contributed by atoms with Crippen LogP contribution in [0, 0.1) is 11.3 Å². The third kappa shape index (κ3) is 1.81. The zero-order valence-corrected chi connectivity index (χ0v) is 9.33. The number of nitrogens with zero attached hydrogens (tertiary/aromatic N) is 1. The van der Waals surface area contributed by atoms with Crippen molar-refractivity contribution in [3.05, 3.63) is 0 Å². The quantitative estimate of drug-likeness (QED) is 0.722. The molecule has 2 aliphatic heterocycles. The highest BCUT2D eigenvalue weighted by Crippen LogP contribution is 2.39. The largest absolute Gasteiger partial charge is 0.380 e. The van der Waals surface area contributed by atoms with Gasteiger partial charge in [0.1, 0.15) is 0 Å². The van der Waals surface area contributed by atoms with Crippen LogP contribution in [0.1, 0.15) is 20.3 Å². The van der Waals surface area contributed by atoms with Crippen LogP contribution >= 0.6 is 0 Å². The molecule has 14 heavy (non-hydrogen) atoms. The maximum atomic E-state index is 5.75. The second kappa shape index (κ2) is 3.80. The minimum atomic E-state index is 0.433. The Bertz CT molecular complexity index is 195. The van der Waals surface area contributed by atoms with Gasteiger partial charge in [-0.2, -0.15) is 0 Å². The van der Waals surface area contributed by atoms with Crippen LogP contribution in [0.4, 0.5) is 0 Å². The summed E-state index contributed by atoms with van der Waals surface area (Å²) in [5.74, 6) is 0.742. The first-order valence-electron chi connectivity index (χ1n) is 5.68. The molecule has 0 spiro atoms. The van der Waals surface area contributed by atoms with Gasteiger partial charge in [0, 0.05) is 24.5 Å². The van der Waals surface area contributed by atoms with Gasteiger partial charge in [0.15, 0.2) is 0 Å². The van der Waals surface area contributed by atoms with Crippen molar-refractivity contribution >= 4 is 0 Å². The molecule has 3 heteroatoms. The molecule has 0 radical (unpaired) electrons. The summed E-state index contributed by atoms with van der Waals surface area (Å²) in [5.41, 5.74) is 6.22. The topological polar surface area (TPSA) is 38.5 Å². The molecule has 0 aromatic rings. The van der Waals surface area contributed by atoms with E-state index in [0.29, 0.717) is 11.5 Å². The zero-order chi connectivity index (χ0) is 10.2. The Morgan fingerprint density at radius 2 is 2.07 bits per heavy atom. The second-order valence-corrected chi connectivity index (χ2v) is 5.28. The first-order valence-corrected chi connectivity index (χ1v) is 5.68. The minimum absolute atomic E-state index is 0.433. The van der Waals surface area contributed by atoms with Gasteiger partial charge >= 0.3 is 0 Å². The number of nitrogens with two attached hydrogens (primary N) is 1. The molecule has 0 atom stereocenters. The molecule has 0 aliphatic carbocycles. The van der Waals surface area contributed by atoms with E-state index in [1.165, 1.54) is 13.0 Å². The molecule has 2 N–H and O–H groups in total. The Kier molecular flexibility index (Phi) is 2.82. The highest BCUT2D eigenvalue weighted by atomic mass is 16.5. The maximum absolute atomic E-state index is 5.75. The van der Waals surface area contributed by atoms with E-state index in [4.69, 9.17) is 10.5 Å². The van der Waals surface area contributed by atoms with E-state index in [-0.39, 0.29) is 0 Å². The smallest absolute Gasteiger partial charge is 0.0547 e. The van der Waals surface area contributed by atoms with Gasteiger partial charge in [0.2, 0.25) is 0 Å². The number of hydrogen-bond acceptors (Lipinski definition) is 3. The van der Waals surface area contributed by atoms with E-state index in [9.17, 15) is 0 Å². The van der Waals surface area contributed by atoms with E-state index in [1.807, 2.05) is 0 Å². The van der Waals surface area contributed by atoms with E-state index >= 15 is 0 Å². The number of hydrogen-bond donors (Lipinski definition) is 1. The standard InChI is InChI=1S/C11H22N2O/c1-9(2)11(7-14-8-11)3-4-13-5-10(12)6-13/h9-10H,3-8,12H2,1-2H3. The lowest BCUT2D eigenvalue weighted by molar-refractivity contribution is -0.147. The SMILES string of the molecule is CC(C)C1(CCN2CC(N)C2)COC1. The molecule has 2 aliphatic rings. The molecule has 0 aromatic carbocycles. The summed E-state index contributed by atoms with van der Waals surface area (Å²) in [4.78, 5) is 2.45. The summed E-state index contributed by atoms with van der Waals surface area (Å²) in [7, 11) is 0. The van der Waals surface area contributed by atoms with Crippen molar-refractivity contribution in [2.24, 2.45) is 17.1 Å². The van der Waals surface area contributed by atoms with Crippen molar-refractivity contribution in [2.45, 2.75) is 26.3 Å². The van der Waals surface area contributed by atoms with Crippen LogP contribution in [-0.2, 0) is 4.74 Å². The lowest BCUT2D eigenvalue weighted by Crippen LogP contribution is -2.57. The van der Waals surface area contributed by atoms with Crippen molar-refractivity contribution in [1.82, 2.24) is 4.90 Å². The lowest BCUT2D eigenvalue weighted by Gasteiger charge is -2.47. The molecule has 2 fully saturated rings. The number of ether oxygens (including phenoxy) is 1. The molecular weight excluding hydrogens is 176 g/mol. The van der Waals surface area contributed by atoms with E-state index in [2.05, 4.69) is 18.7 Å². The molecule has 3 nitrogen and oxygen atoms in total. The molecule has 0 aromatic heterocycles. The highest BCUT2D eigenvalue weighted by molar-refractivity contribution is 4.91. The van der Waals surface area contributed by atoms with Gasteiger partial charge in [0.25, 0.3) is 0 Å². The molecule has 0 unspecified atom stereocenters. The first-order chi connectivity index (χ1) is 6.62. The van der Waals surface area contributed by atoms with Gasteiger partial charge in [-0.05, 0) is 18.9 Å². The van der Waals surface area contributed by atoms with Crippen LogP contribution in [0.2, 0.25) is 0 Å². The van der Waals surface area contributed by atoms with Gasteiger partial charge in [-0.25, -0.2) is 0 Å². The molecule has 2 rings (SSSR count). The second-order valence-electron chi connectivity index (χ2n) is 5.28. The summed E-state index contributed by atoms with van der Waals surface area (Å²) in [6.45, 7) is 9.93. The maximum Gasteiger partial charge on any atom is 0.0547 e. The number of rotatable bonds is 4. The fourth-order valence-electron chi connectivity index (χ4n) is 2.30. The highest BCUT2D eigenvalue weighted by Gasteiger charge is 2.41. The average molecular weight is 198 g/mol. The number of likely N-dealkylation sites (tertiary alicyclic amines) is 1. The van der Waals surface area contributed by atoms with Gasteiger partial charge in [-0.1, -0.05) is 13.8 Å². The van der Waals surface area contributed by atoms with Crippen LogP contribution in [0.5, 0.6) is 0 Å². The Balaban J connectivity index is 1.73. The molecular formula is C11H22N2O. The van der Waals surface area contributed by atoms with Crippen molar-refractivity contribution in [2.75, 3.05) is 32.8 Å². The zero-order valence-electron chi connectivity index (χ0n) is 9.33. The predicted octanol–water partition coefficient (Wildman–Crippen LogP) is 0.692. The van der Waals surface area contributed by atoms with Crippen LogP contribution in [-0.4, -0.2) is 43.8 Å². The monoisotopic (exact) mass is 198 g/mol. The molecule has 82 valence electrons. The van der Waals surface area contributed by atoms with Crippen LogP contribution in [0.25, 0.3) is 0 Å². The summed E-state index contributed by atoms with van der Waals surface area (Å²) in [6, 6.07) is 0.433. The van der Waals surface area contributed by atoms with Crippen LogP contribution < -0.4 is 5.73 Å². The van der Waals surface area contributed by atoms with Gasteiger partial charge < -0.3 is 15.4 Å². The summed E-state index contributed by atoms with van der Waals surface area (Å²) in [6.07, 6.45) is 1.28. The normalized spacial score (nSPS) is 27.4. The van der Waals surface area contributed by atoms with Crippen molar-refractivity contribution in [3.8, 4) is 0 Å². The van der Waals surface area contributed by atoms with Crippen molar-refractivity contribution < 1.29 is 4.74 Å². The fraction of sp³-hybridized carbons (Fsp3) is 1.00. The predicted molar refractivity (Wildman–Crippen MR) is 57.1 cm³/mol. The average Bonchev–Trinajstić information content (AvgIpc) is 1.97. The minimum Gasteiger partial charge on any atom is -0.380 e. The van der Waals surface area contributed by atoms with Crippen molar-refractivity contribution in [1.29, 1.82) is 0 Å². The third-order valence-electron chi connectivity index (χ3n) is 3.92. The Morgan fingerprint density at radius 3 is 2.43 bits per heavy atom. The molecule has 2 saturated heterocycles. The van der Waals surface area contributed by atoms with Crippen molar-refractivity contribution in [3.63, 3.8) is 0 Å². The summed E-state index contributed by atoms with van der Waals surface area (Å²) < 4.78 is 5.36. The molecule has 2 heterocycles. The first kappa shape index (κ1) is 10.4. The third-order valence-corrected chi connectivity index (χ3v) is 3.92. The van der Waals surface area contributed by atoms with E-state index < -0.39 is 0 Å². The summed E-state index contributed by atoms with van der Waals surface area (Å²) in [5, 5.41) is 0. The Morgan fingerprint density at radius 1 is 1.43 bits per heavy atom. The molecule has 0 amide bonds. The Labute approximate surface area is 86.6 Å². The fourth-order valence-corrected chi connectivity index (χ4v) is 2.30. The molecule has 0 saturated carbocycles. The van der Waals surface area contributed by atoms with E-state index in [1.54, 1.807) is 0 Å². The van der Waals surface area contributed by atoms with Gasteiger partial charge in [0.05, 0.1) is 13.2 Å². The summed E-state index contributed by atoms with van der Waals surface area (Å²) >= 11 is 0.